The highest BCUT2D eigenvalue weighted by Crippen LogP contribution is 2.18. The maximum absolute atomic E-state index is 4.61. The summed E-state index contributed by atoms with van der Waals surface area (Å²) < 4.78 is 2.04. The third kappa shape index (κ3) is 2.76. The number of nitrogens with zero attached hydrogens (tertiary/aromatic N) is 3. The van der Waals surface area contributed by atoms with E-state index in [0.717, 1.165) is 30.2 Å². The normalized spacial score (nSPS) is 12.6. The molecule has 2 aromatic heterocycles. The van der Waals surface area contributed by atoms with E-state index >= 15 is 0 Å². The van der Waals surface area contributed by atoms with E-state index in [1.807, 2.05) is 43.1 Å². The molecule has 2 aromatic rings. The van der Waals surface area contributed by atoms with Crippen molar-refractivity contribution >= 4 is 0 Å². The Labute approximate surface area is 108 Å². The fraction of sp³-hybridized carbons (Fsp3) is 0.429. The first-order chi connectivity index (χ1) is 8.72. The summed E-state index contributed by atoms with van der Waals surface area (Å²) in [6.07, 6.45) is 4.88. The Morgan fingerprint density at radius 3 is 2.83 bits per heavy atom. The van der Waals surface area contributed by atoms with E-state index in [1.54, 1.807) is 0 Å². The van der Waals surface area contributed by atoms with Crippen molar-refractivity contribution in [1.82, 2.24) is 19.9 Å². The molecule has 0 saturated heterocycles. The minimum atomic E-state index is 0.0600. The van der Waals surface area contributed by atoms with Gasteiger partial charge in [0.1, 0.15) is 11.9 Å². The molecular formula is C14H20N4. The maximum Gasteiger partial charge on any atom is 0.131 e. The van der Waals surface area contributed by atoms with Crippen LogP contribution in [0.2, 0.25) is 0 Å². The van der Waals surface area contributed by atoms with Gasteiger partial charge in [-0.2, -0.15) is 0 Å². The number of pyridine rings is 1. The molecule has 2 rings (SSSR count). The van der Waals surface area contributed by atoms with Gasteiger partial charge in [0, 0.05) is 25.1 Å². The summed E-state index contributed by atoms with van der Waals surface area (Å²) in [6, 6.07) is 6.17. The molecule has 0 aromatic carbocycles. The van der Waals surface area contributed by atoms with Crippen LogP contribution in [0.1, 0.15) is 36.6 Å². The van der Waals surface area contributed by atoms with Crippen LogP contribution in [0.15, 0.2) is 30.6 Å². The molecule has 4 nitrogen and oxygen atoms in total. The third-order valence-corrected chi connectivity index (χ3v) is 2.92. The number of nitrogens with one attached hydrogen (secondary N) is 1. The summed E-state index contributed by atoms with van der Waals surface area (Å²) in [5.74, 6) is 1.00. The largest absolute Gasteiger partial charge is 0.336 e. The molecule has 0 radical (unpaired) electrons. The monoisotopic (exact) mass is 244 g/mol. The quantitative estimate of drug-likeness (QED) is 0.877. The summed E-state index contributed by atoms with van der Waals surface area (Å²) in [4.78, 5) is 9.04. The van der Waals surface area contributed by atoms with E-state index in [4.69, 9.17) is 0 Å². The van der Waals surface area contributed by atoms with Gasteiger partial charge in [-0.25, -0.2) is 4.98 Å². The number of hydrogen-bond donors (Lipinski definition) is 1. The Morgan fingerprint density at radius 1 is 1.39 bits per heavy atom. The van der Waals surface area contributed by atoms with Gasteiger partial charge in [0.25, 0.3) is 0 Å². The molecule has 96 valence electrons. The molecule has 0 aliphatic carbocycles. The van der Waals surface area contributed by atoms with Gasteiger partial charge in [-0.1, -0.05) is 13.0 Å². The van der Waals surface area contributed by atoms with Gasteiger partial charge in [0.05, 0.1) is 5.69 Å². The van der Waals surface area contributed by atoms with E-state index in [9.17, 15) is 0 Å². The number of rotatable bonds is 5. The topological polar surface area (TPSA) is 42.7 Å². The second-order valence-corrected chi connectivity index (χ2v) is 4.49. The van der Waals surface area contributed by atoms with Crippen LogP contribution in [0.3, 0.4) is 0 Å². The first kappa shape index (κ1) is 12.8. The first-order valence-electron chi connectivity index (χ1n) is 6.36. The Kier molecular flexibility index (Phi) is 4.10. The van der Waals surface area contributed by atoms with Gasteiger partial charge < -0.3 is 9.88 Å². The van der Waals surface area contributed by atoms with Crippen LogP contribution < -0.4 is 5.32 Å². The predicted octanol–water partition coefficient (Wildman–Crippen LogP) is 2.21. The predicted molar refractivity (Wildman–Crippen MR) is 72.3 cm³/mol. The van der Waals surface area contributed by atoms with Crippen LogP contribution >= 0.6 is 0 Å². The average molecular weight is 244 g/mol. The van der Waals surface area contributed by atoms with E-state index < -0.39 is 0 Å². The van der Waals surface area contributed by atoms with Crippen molar-refractivity contribution in [3.63, 3.8) is 0 Å². The highest BCUT2D eigenvalue weighted by atomic mass is 15.1. The minimum Gasteiger partial charge on any atom is -0.336 e. The average Bonchev–Trinajstić information content (AvgIpc) is 2.77. The molecule has 2 heterocycles. The summed E-state index contributed by atoms with van der Waals surface area (Å²) in [6.45, 7) is 5.12. The molecule has 1 N–H and O–H groups in total. The van der Waals surface area contributed by atoms with Gasteiger partial charge in [0.2, 0.25) is 0 Å². The number of hydrogen-bond acceptors (Lipinski definition) is 3. The van der Waals surface area contributed by atoms with Crippen LogP contribution in [0.25, 0.3) is 0 Å². The van der Waals surface area contributed by atoms with Crippen LogP contribution in [-0.4, -0.2) is 21.1 Å². The molecule has 0 bridgehead atoms. The molecule has 0 saturated carbocycles. The molecular weight excluding hydrogens is 224 g/mol. The van der Waals surface area contributed by atoms with Crippen molar-refractivity contribution in [2.45, 2.75) is 26.3 Å². The van der Waals surface area contributed by atoms with Gasteiger partial charge in [-0.15, -0.1) is 0 Å². The lowest BCUT2D eigenvalue weighted by atomic mass is 10.1. The second-order valence-electron chi connectivity index (χ2n) is 4.49. The summed E-state index contributed by atoms with van der Waals surface area (Å²) in [7, 11) is 2.01. The standard InChI is InChI=1S/C14H20N4/c1-4-8-15-13(14-16-9-10-18(14)3)12-7-5-6-11(2)17-12/h5-7,9-10,13,15H,4,8H2,1-3H3. The summed E-state index contributed by atoms with van der Waals surface area (Å²) >= 11 is 0. The van der Waals surface area contributed by atoms with E-state index in [0.29, 0.717) is 0 Å². The molecule has 1 unspecified atom stereocenters. The van der Waals surface area contributed by atoms with Gasteiger partial charge >= 0.3 is 0 Å². The van der Waals surface area contributed by atoms with Crippen LogP contribution in [0, 0.1) is 6.92 Å². The third-order valence-electron chi connectivity index (χ3n) is 2.92. The summed E-state index contributed by atoms with van der Waals surface area (Å²) in [5.41, 5.74) is 2.06. The van der Waals surface area contributed by atoms with Crippen molar-refractivity contribution in [2.75, 3.05) is 6.54 Å². The van der Waals surface area contributed by atoms with Crippen LogP contribution in [-0.2, 0) is 7.05 Å². The fourth-order valence-corrected chi connectivity index (χ4v) is 2.00. The highest BCUT2D eigenvalue weighted by molar-refractivity contribution is 5.20. The SMILES string of the molecule is CCCNC(c1cccc(C)n1)c1nccn1C. The van der Waals surface area contributed by atoms with E-state index in [-0.39, 0.29) is 6.04 Å². The summed E-state index contributed by atoms with van der Waals surface area (Å²) in [5, 5.41) is 3.51. The number of aromatic nitrogens is 3. The fourth-order valence-electron chi connectivity index (χ4n) is 2.00. The molecule has 0 amide bonds. The molecule has 0 aliphatic heterocycles. The van der Waals surface area contributed by atoms with Crippen LogP contribution in [0.4, 0.5) is 0 Å². The molecule has 4 heteroatoms. The van der Waals surface area contributed by atoms with Gasteiger partial charge in [-0.05, 0) is 32.0 Å². The van der Waals surface area contributed by atoms with Gasteiger partial charge in [0.15, 0.2) is 0 Å². The molecule has 0 aliphatic rings. The maximum atomic E-state index is 4.61. The molecule has 0 spiro atoms. The van der Waals surface area contributed by atoms with Crippen molar-refractivity contribution < 1.29 is 0 Å². The molecule has 18 heavy (non-hydrogen) atoms. The smallest absolute Gasteiger partial charge is 0.131 e. The zero-order valence-electron chi connectivity index (χ0n) is 11.2. The van der Waals surface area contributed by atoms with Crippen molar-refractivity contribution in [3.05, 3.63) is 47.8 Å². The van der Waals surface area contributed by atoms with Crippen molar-refractivity contribution in [3.8, 4) is 0 Å². The van der Waals surface area contributed by atoms with E-state index in [2.05, 4.69) is 28.3 Å². The Hall–Kier alpha value is -1.68. The lowest BCUT2D eigenvalue weighted by molar-refractivity contribution is 0.544. The lowest BCUT2D eigenvalue weighted by Crippen LogP contribution is -2.26. The van der Waals surface area contributed by atoms with E-state index in [1.165, 1.54) is 0 Å². The number of aryl methyl sites for hydroxylation is 2. The Morgan fingerprint density at radius 2 is 2.22 bits per heavy atom. The van der Waals surface area contributed by atoms with Crippen LogP contribution in [0.5, 0.6) is 0 Å². The second kappa shape index (κ2) is 5.78. The van der Waals surface area contributed by atoms with Crippen molar-refractivity contribution in [1.29, 1.82) is 0 Å². The number of imidazole rings is 1. The Balaban J connectivity index is 2.33. The first-order valence-corrected chi connectivity index (χ1v) is 6.36. The molecule has 0 fully saturated rings. The lowest BCUT2D eigenvalue weighted by Gasteiger charge is -2.18. The molecule has 1 atom stereocenters. The van der Waals surface area contributed by atoms with Crippen molar-refractivity contribution in [2.24, 2.45) is 7.05 Å². The van der Waals surface area contributed by atoms with Gasteiger partial charge in [-0.3, -0.25) is 4.98 Å². The highest BCUT2D eigenvalue weighted by Gasteiger charge is 2.18. The minimum absolute atomic E-state index is 0.0600. The Bertz CT molecular complexity index is 504. The zero-order chi connectivity index (χ0) is 13.0. The zero-order valence-corrected chi connectivity index (χ0v) is 11.2.